The van der Waals surface area contributed by atoms with Gasteiger partial charge in [-0.3, -0.25) is 4.98 Å². The summed E-state index contributed by atoms with van der Waals surface area (Å²) in [5.74, 6) is 0.761. The van der Waals surface area contributed by atoms with Gasteiger partial charge in [0.2, 0.25) is 10.0 Å². The van der Waals surface area contributed by atoms with Gasteiger partial charge in [0.1, 0.15) is 5.82 Å². The van der Waals surface area contributed by atoms with Crippen LogP contribution in [0.5, 0.6) is 0 Å². The summed E-state index contributed by atoms with van der Waals surface area (Å²) in [6, 6.07) is 5.53. The SMILES string of the molecule is CC(C)S(=O)(=O)N1CCCCC1c1cc(NCc2cccnc2)n2ncc(Br)c2n1. The molecule has 160 valence electrons. The van der Waals surface area contributed by atoms with Crippen LogP contribution < -0.4 is 5.32 Å². The fourth-order valence-electron chi connectivity index (χ4n) is 3.72. The molecular formula is C20H25BrN6O2S. The summed E-state index contributed by atoms with van der Waals surface area (Å²) in [6.07, 6.45) is 7.84. The third kappa shape index (κ3) is 4.08. The molecule has 3 aromatic rings. The second kappa shape index (κ2) is 8.60. The number of anilines is 1. The topological polar surface area (TPSA) is 92.5 Å². The van der Waals surface area contributed by atoms with Gasteiger partial charge in [0.15, 0.2) is 5.65 Å². The van der Waals surface area contributed by atoms with Crippen LogP contribution in [0.3, 0.4) is 0 Å². The fourth-order valence-corrected chi connectivity index (χ4v) is 5.56. The number of nitrogens with one attached hydrogen (secondary N) is 1. The van der Waals surface area contributed by atoms with E-state index in [2.05, 4.69) is 31.3 Å². The molecule has 0 radical (unpaired) electrons. The lowest BCUT2D eigenvalue weighted by atomic mass is 10.0. The number of hydrogen-bond donors (Lipinski definition) is 1. The molecule has 0 saturated carbocycles. The molecule has 1 saturated heterocycles. The van der Waals surface area contributed by atoms with Gasteiger partial charge >= 0.3 is 0 Å². The number of halogens is 1. The van der Waals surface area contributed by atoms with Crippen molar-refractivity contribution >= 4 is 37.4 Å². The van der Waals surface area contributed by atoms with E-state index in [1.54, 1.807) is 35.1 Å². The van der Waals surface area contributed by atoms with E-state index >= 15 is 0 Å². The number of hydrogen-bond acceptors (Lipinski definition) is 6. The van der Waals surface area contributed by atoms with E-state index in [1.807, 2.05) is 24.4 Å². The Labute approximate surface area is 184 Å². The van der Waals surface area contributed by atoms with E-state index in [9.17, 15) is 8.42 Å². The van der Waals surface area contributed by atoms with Gasteiger partial charge in [-0.05, 0) is 54.2 Å². The summed E-state index contributed by atoms with van der Waals surface area (Å²) in [7, 11) is -3.38. The first-order chi connectivity index (χ1) is 14.4. The molecule has 0 amide bonds. The Morgan fingerprint density at radius 1 is 1.30 bits per heavy atom. The third-order valence-corrected chi connectivity index (χ3v) is 8.20. The van der Waals surface area contributed by atoms with Crippen LogP contribution in [0.2, 0.25) is 0 Å². The highest BCUT2D eigenvalue weighted by atomic mass is 79.9. The molecule has 1 atom stereocenters. The van der Waals surface area contributed by atoms with Crippen molar-refractivity contribution < 1.29 is 8.42 Å². The number of nitrogens with zero attached hydrogens (tertiary/aromatic N) is 5. The predicted molar refractivity (Wildman–Crippen MR) is 120 cm³/mol. The first-order valence-corrected chi connectivity index (χ1v) is 12.3. The van der Waals surface area contributed by atoms with Gasteiger partial charge in [-0.25, -0.2) is 13.4 Å². The first-order valence-electron chi connectivity index (χ1n) is 10.1. The van der Waals surface area contributed by atoms with Crippen LogP contribution in [0.1, 0.15) is 50.4 Å². The molecular weight excluding hydrogens is 468 g/mol. The van der Waals surface area contributed by atoms with Crippen molar-refractivity contribution in [3.8, 4) is 0 Å². The zero-order valence-electron chi connectivity index (χ0n) is 17.0. The monoisotopic (exact) mass is 492 g/mol. The Hall–Kier alpha value is -2.04. The van der Waals surface area contributed by atoms with Crippen molar-refractivity contribution in [1.29, 1.82) is 0 Å². The average molecular weight is 493 g/mol. The number of fused-ring (bicyclic) bond motifs is 1. The number of aromatic nitrogens is 4. The van der Waals surface area contributed by atoms with Crippen molar-refractivity contribution in [2.24, 2.45) is 0 Å². The van der Waals surface area contributed by atoms with Crippen molar-refractivity contribution in [2.45, 2.75) is 50.9 Å². The molecule has 0 aliphatic carbocycles. The van der Waals surface area contributed by atoms with E-state index in [0.29, 0.717) is 18.7 Å². The summed E-state index contributed by atoms with van der Waals surface area (Å²) >= 11 is 3.52. The lowest BCUT2D eigenvalue weighted by Gasteiger charge is -2.35. The van der Waals surface area contributed by atoms with Gasteiger partial charge in [0, 0.05) is 31.5 Å². The Morgan fingerprint density at radius 2 is 2.13 bits per heavy atom. The highest BCUT2D eigenvalue weighted by Gasteiger charge is 2.36. The molecule has 1 unspecified atom stereocenters. The van der Waals surface area contributed by atoms with Crippen LogP contribution in [0.4, 0.5) is 5.82 Å². The number of pyridine rings is 1. The molecule has 0 bridgehead atoms. The molecule has 8 nitrogen and oxygen atoms in total. The average Bonchev–Trinajstić information content (AvgIpc) is 3.13. The summed E-state index contributed by atoms with van der Waals surface area (Å²) in [5, 5.41) is 7.35. The highest BCUT2D eigenvalue weighted by molar-refractivity contribution is 9.10. The van der Waals surface area contributed by atoms with Crippen LogP contribution >= 0.6 is 15.9 Å². The Bertz CT molecular complexity index is 1130. The molecule has 10 heteroatoms. The summed E-state index contributed by atoms with van der Waals surface area (Å²) in [4.78, 5) is 8.94. The van der Waals surface area contributed by atoms with Crippen LogP contribution in [0.25, 0.3) is 5.65 Å². The molecule has 0 spiro atoms. The second-order valence-corrected chi connectivity index (χ2v) is 11.0. The Balaban J connectivity index is 1.74. The standard InChI is InChI=1S/C20H25BrN6O2S/c1-14(2)30(28,29)26-9-4-3-7-18(26)17-10-19(23-12-15-6-5-8-22-11-15)27-20(25-17)16(21)13-24-27/h5-6,8,10-11,13-14,18,23H,3-4,7,9,12H2,1-2H3. The molecule has 0 aromatic carbocycles. The molecule has 1 aliphatic heterocycles. The maximum atomic E-state index is 13.0. The van der Waals surface area contributed by atoms with E-state index in [0.717, 1.165) is 40.8 Å². The van der Waals surface area contributed by atoms with Crippen LogP contribution in [-0.2, 0) is 16.6 Å². The molecule has 4 rings (SSSR count). The molecule has 4 heterocycles. The lowest BCUT2D eigenvalue weighted by molar-refractivity contribution is 0.250. The smallest absolute Gasteiger partial charge is 0.217 e. The molecule has 3 aromatic heterocycles. The van der Waals surface area contributed by atoms with Gasteiger partial charge in [-0.15, -0.1) is 0 Å². The first kappa shape index (κ1) is 21.2. The number of piperidine rings is 1. The minimum atomic E-state index is -3.38. The van der Waals surface area contributed by atoms with Crippen molar-refractivity contribution in [1.82, 2.24) is 23.9 Å². The van der Waals surface area contributed by atoms with Crippen LogP contribution in [-0.4, -0.2) is 44.1 Å². The maximum absolute atomic E-state index is 13.0. The molecule has 1 N–H and O–H groups in total. The predicted octanol–water partition coefficient (Wildman–Crippen LogP) is 3.76. The Morgan fingerprint density at radius 3 is 2.87 bits per heavy atom. The maximum Gasteiger partial charge on any atom is 0.217 e. The number of rotatable bonds is 6. The fraction of sp³-hybridized carbons (Fsp3) is 0.450. The Kier molecular flexibility index (Phi) is 6.08. The third-order valence-electron chi connectivity index (χ3n) is 5.36. The largest absolute Gasteiger partial charge is 0.366 e. The minimum absolute atomic E-state index is 0.281. The number of sulfonamides is 1. The van der Waals surface area contributed by atoms with Crippen LogP contribution in [0, 0.1) is 0 Å². The molecule has 30 heavy (non-hydrogen) atoms. The summed E-state index contributed by atoms with van der Waals surface area (Å²) < 4.78 is 30.1. The van der Waals surface area contributed by atoms with E-state index < -0.39 is 15.3 Å². The quantitative estimate of drug-likeness (QED) is 0.562. The normalized spacial score (nSPS) is 18.2. The van der Waals surface area contributed by atoms with Crippen molar-refractivity contribution in [3.05, 3.63) is 52.5 Å². The van der Waals surface area contributed by atoms with Gasteiger partial charge < -0.3 is 5.32 Å². The zero-order chi connectivity index (χ0) is 21.3. The summed E-state index contributed by atoms with van der Waals surface area (Å²) in [5.41, 5.74) is 2.44. The summed E-state index contributed by atoms with van der Waals surface area (Å²) in [6.45, 7) is 4.55. The van der Waals surface area contributed by atoms with Gasteiger partial charge in [0.05, 0.1) is 27.7 Å². The second-order valence-electron chi connectivity index (χ2n) is 7.72. The van der Waals surface area contributed by atoms with E-state index in [4.69, 9.17) is 4.98 Å². The van der Waals surface area contributed by atoms with Gasteiger partial charge in [-0.2, -0.15) is 13.9 Å². The van der Waals surface area contributed by atoms with Gasteiger partial charge in [0.25, 0.3) is 0 Å². The van der Waals surface area contributed by atoms with E-state index in [1.165, 1.54) is 0 Å². The molecule has 1 fully saturated rings. The zero-order valence-corrected chi connectivity index (χ0v) is 19.4. The minimum Gasteiger partial charge on any atom is -0.366 e. The van der Waals surface area contributed by atoms with Crippen molar-refractivity contribution in [3.63, 3.8) is 0 Å². The van der Waals surface area contributed by atoms with Crippen LogP contribution in [0.15, 0.2) is 41.3 Å². The lowest BCUT2D eigenvalue weighted by Crippen LogP contribution is -2.42. The van der Waals surface area contributed by atoms with Crippen molar-refractivity contribution in [2.75, 3.05) is 11.9 Å². The van der Waals surface area contributed by atoms with E-state index in [-0.39, 0.29) is 6.04 Å². The molecule has 1 aliphatic rings. The van der Waals surface area contributed by atoms with Gasteiger partial charge in [-0.1, -0.05) is 12.5 Å². The highest BCUT2D eigenvalue weighted by Crippen LogP contribution is 2.35.